The highest BCUT2D eigenvalue weighted by Crippen LogP contribution is 2.73. The van der Waals surface area contributed by atoms with E-state index in [0.29, 0.717) is 23.7 Å². The average Bonchev–Trinajstić information content (AvgIpc) is 3.09. The molecule has 0 aromatic heterocycles. The Hall–Kier alpha value is -1.12. The Morgan fingerprint density at radius 3 is 1.10 bits per heavy atom. The highest BCUT2D eigenvalue weighted by atomic mass is 16.4. The Bertz CT molecular complexity index is 540. The Balaban J connectivity index is 1.51. The van der Waals surface area contributed by atoms with Crippen molar-refractivity contribution in [3.8, 4) is 0 Å². The van der Waals surface area contributed by atoms with Crippen LogP contribution in [0.25, 0.3) is 0 Å². The van der Waals surface area contributed by atoms with Crippen LogP contribution in [0.3, 0.4) is 0 Å². The SMILES string of the molecule is OC1(C2(O)C3C=CC4C=CC2C43)C2C=CC3C=CC1C32. The van der Waals surface area contributed by atoms with E-state index < -0.39 is 11.2 Å². The van der Waals surface area contributed by atoms with Crippen LogP contribution in [-0.4, -0.2) is 21.4 Å². The van der Waals surface area contributed by atoms with Crippen molar-refractivity contribution in [2.24, 2.45) is 47.3 Å². The fraction of sp³-hybridized carbons (Fsp3) is 0.556. The van der Waals surface area contributed by atoms with Crippen molar-refractivity contribution in [1.29, 1.82) is 0 Å². The summed E-state index contributed by atoms with van der Waals surface area (Å²) in [7, 11) is 0. The van der Waals surface area contributed by atoms with E-state index in [1.54, 1.807) is 0 Å². The lowest BCUT2D eigenvalue weighted by atomic mass is 9.38. The third-order valence-corrected chi connectivity index (χ3v) is 7.38. The third-order valence-electron chi connectivity index (χ3n) is 7.38. The van der Waals surface area contributed by atoms with Crippen molar-refractivity contribution in [3.05, 3.63) is 48.6 Å². The predicted molar refractivity (Wildman–Crippen MR) is 74.4 cm³/mol. The summed E-state index contributed by atoms with van der Waals surface area (Å²) in [6.45, 7) is 0. The third kappa shape index (κ3) is 0.739. The summed E-state index contributed by atoms with van der Waals surface area (Å²) >= 11 is 0. The minimum atomic E-state index is -0.963. The monoisotopic (exact) mass is 266 g/mol. The summed E-state index contributed by atoms with van der Waals surface area (Å²) in [5.74, 6) is 2.57. The predicted octanol–water partition coefficient (Wildman–Crippen LogP) is 1.68. The zero-order valence-corrected chi connectivity index (χ0v) is 11.1. The molecule has 20 heavy (non-hydrogen) atoms. The average molecular weight is 266 g/mol. The maximum atomic E-state index is 11.5. The highest BCUT2D eigenvalue weighted by molar-refractivity contribution is 5.46. The van der Waals surface area contributed by atoms with Crippen molar-refractivity contribution < 1.29 is 10.2 Å². The van der Waals surface area contributed by atoms with Crippen molar-refractivity contribution in [1.82, 2.24) is 0 Å². The van der Waals surface area contributed by atoms with Gasteiger partial charge in [0.05, 0.1) is 0 Å². The molecule has 0 aliphatic heterocycles. The molecule has 2 fully saturated rings. The second-order valence-electron chi connectivity index (χ2n) is 7.60. The molecule has 0 amide bonds. The van der Waals surface area contributed by atoms with Crippen LogP contribution in [0.5, 0.6) is 0 Å². The number of hydrogen-bond donors (Lipinski definition) is 2. The molecule has 0 aromatic rings. The van der Waals surface area contributed by atoms with Crippen LogP contribution in [-0.2, 0) is 0 Å². The smallest absolute Gasteiger partial charge is 0.108 e. The van der Waals surface area contributed by atoms with E-state index in [0.717, 1.165) is 0 Å². The van der Waals surface area contributed by atoms with Gasteiger partial charge in [0.25, 0.3) is 0 Å². The summed E-state index contributed by atoms with van der Waals surface area (Å²) in [6, 6.07) is 0. The van der Waals surface area contributed by atoms with Crippen LogP contribution in [0.1, 0.15) is 0 Å². The van der Waals surface area contributed by atoms with Crippen LogP contribution in [0.2, 0.25) is 0 Å². The van der Waals surface area contributed by atoms with E-state index in [4.69, 9.17) is 0 Å². The maximum Gasteiger partial charge on any atom is 0.108 e. The molecule has 2 nitrogen and oxygen atoms in total. The lowest BCUT2D eigenvalue weighted by molar-refractivity contribution is -0.331. The highest BCUT2D eigenvalue weighted by Gasteiger charge is 2.80. The van der Waals surface area contributed by atoms with Crippen LogP contribution >= 0.6 is 0 Å². The van der Waals surface area contributed by atoms with E-state index in [1.807, 2.05) is 0 Å². The van der Waals surface area contributed by atoms with Crippen molar-refractivity contribution in [2.45, 2.75) is 11.2 Å². The fourth-order valence-electron chi connectivity index (χ4n) is 6.59. The van der Waals surface area contributed by atoms with Gasteiger partial charge in [0.2, 0.25) is 0 Å². The molecule has 0 heterocycles. The number of rotatable bonds is 1. The molecule has 2 N–H and O–H groups in total. The van der Waals surface area contributed by atoms with Crippen molar-refractivity contribution in [3.63, 3.8) is 0 Å². The van der Waals surface area contributed by atoms with E-state index in [9.17, 15) is 10.2 Å². The molecular weight excluding hydrogens is 248 g/mol. The minimum absolute atomic E-state index is 0.139. The summed E-state index contributed by atoms with van der Waals surface area (Å²) in [5, 5.41) is 23.0. The van der Waals surface area contributed by atoms with Gasteiger partial charge in [0.15, 0.2) is 0 Å². The molecule has 0 radical (unpaired) electrons. The first-order chi connectivity index (χ1) is 9.67. The Morgan fingerprint density at radius 1 is 0.500 bits per heavy atom. The van der Waals surface area contributed by atoms with E-state index in [1.165, 1.54) is 0 Å². The normalized spacial score (nSPS) is 69.1. The lowest BCUT2D eigenvalue weighted by Crippen LogP contribution is -2.81. The fourth-order valence-corrected chi connectivity index (χ4v) is 6.59. The Labute approximate surface area is 118 Å². The molecule has 0 aromatic carbocycles. The molecular formula is C18H18O2. The van der Waals surface area contributed by atoms with Crippen LogP contribution in [0, 0.1) is 47.3 Å². The van der Waals surface area contributed by atoms with Crippen LogP contribution in [0.4, 0.5) is 0 Å². The molecule has 0 saturated heterocycles. The largest absolute Gasteiger partial charge is 0.386 e. The molecule has 4 atom stereocenters. The molecule has 2 saturated carbocycles. The van der Waals surface area contributed by atoms with Gasteiger partial charge in [0.1, 0.15) is 11.2 Å². The second-order valence-corrected chi connectivity index (χ2v) is 7.60. The van der Waals surface area contributed by atoms with Gasteiger partial charge < -0.3 is 10.2 Å². The number of aliphatic hydroxyl groups is 2. The standard InChI is InChI=1S/C18H18O2/c19-17(11-5-1-9-2-6-12(17)15(9)11)18(20)13-7-3-10-4-8-14(18)16(10)13/h1-16,19-20H. The van der Waals surface area contributed by atoms with Gasteiger partial charge in [-0.05, 0) is 23.7 Å². The minimum Gasteiger partial charge on any atom is -0.386 e. The first kappa shape index (κ1) is 10.6. The molecule has 2 heteroatoms. The number of hydrogen-bond acceptors (Lipinski definition) is 2. The summed E-state index contributed by atoms with van der Waals surface area (Å²) in [4.78, 5) is 0. The maximum absolute atomic E-state index is 11.5. The quantitative estimate of drug-likeness (QED) is 0.709. The van der Waals surface area contributed by atoms with E-state index in [-0.39, 0.29) is 23.7 Å². The topological polar surface area (TPSA) is 40.5 Å². The van der Waals surface area contributed by atoms with Gasteiger partial charge in [0, 0.05) is 23.7 Å². The van der Waals surface area contributed by atoms with Gasteiger partial charge >= 0.3 is 0 Å². The molecule has 0 bridgehead atoms. The zero-order valence-electron chi connectivity index (χ0n) is 11.1. The van der Waals surface area contributed by atoms with E-state index >= 15 is 0 Å². The van der Waals surface area contributed by atoms with E-state index in [2.05, 4.69) is 48.6 Å². The van der Waals surface area contributed by atoms with Crippen molar-refractivity contribution >= 4 is 0 Å². The molecule has 6 aliphatic carbocycles. The van der Waals surface area contributed by atoms with Gasteiger partial charge in [-0.3, -0.25) is 0 Å². The second kappa shape index (κ2) is 2.77. The molecule has 0 spiro atoms. The van der Waals surface area contributed by atoms with Gasteiger partial charge in [-0.25, -0.2) is 0 Å². The Morgan fingerprint density at radius 2 is 0.800 bits per heavy atom. The lowest BCUT2D eigenvalue weighted by Gasteiger charge is -2.69. The first-order valence-corrected chi connectivity index (χ1v) is 7.85. The molecule has 6 rings (SSSR count). The molecule has 4 unspecified atom stereocenters. The summed E-state index contributed by atoms with van der Waals surface area (Å²) in [5.41, 5.74) is -1.93. The summed E-state index contributed by atoms with van der Waals surface area (Å²) in [6.07, 6.45) is 17.5. The Kier molecular flexibility index (Phi) is 1.47. The number of allylic oxidation sites excluding steroid dienone is 4. The van der Waals surface area contributed by atoms with Crippen LogP contribution < -0.4 is 0 Å². The van der Waals surface area contributed by atoms with Crippen molar-refractivity contribution in [2.75, 3.05) is 0 Å². The summed E-state index contributed by atoms with van der Waals surface area (Å²) < 4.78 is 0. The van der Waals surface area contributed by atoms with Gasteiger partial charge in [-0.1, -0.05) is 48.6 Å². The van der Waals surface area contributed by atoms with Crippen LogP contribution in [0.15, 0.2) is 48.6 Å². The molecule has 6 aliphatic rings. The van der Waals surface area contributed by atoms with Gasteiger partial charge in [-0.2, -0.15) is 0 Å². The molecule has 102 valence electrons. The van der Waals surface area contributed by atoms with Gasteiger partial charge in [-0.15, -0.1) is 0 Å². The zero-order chi connectivity index (χ0) is 13.3. The first-order valence-electron chi connectivity index (χ1n) is 7.85.